The average molecular weight is 1160 g/mol. The number of hydrogen-bond donors (Lipinski definition) is 1. The van der Waals surface area contributed by atoms with E-state index < -0.39 is 0 Å². The van der Waals surface area contributed by atoms with Crippen LogP contribution in [0.3, 0.4) is 0 Å². The predicted octanol–water partition coefficient (Wildman–Crippen LogP) is 13.2. The highest BCUT2D eigenvalue weighted by Gasteiger charge is 2.40. The minimum Gasteiger partial charge on any atom is -0.461 e. The molecule has 6 unspecified atom stereocenters. The van der Waals surface area contributed by atoms with Crippen molar-refractivity contribution in [3.05, 3.63) is 289 Å². The maximum Gasteiger partial charge on any atom is 0.203 e. The molecule has 88 heavy (non-hydrogen) atoms. The van der Waals surface area contributed by atoms with Crippen LogP contribution < -0.4 is 14.2 Å². The molecule has 8 aromatic rings. The number of benzene rings is 6. The lowest BCUT2D eigenvalue weighted by Gasteiger charge is -2.35. The van der Waals surface area contributed by atoms with Crippen LogP contribution in [0.1, 0.15) is 79.2 Å². The van der Waals surface area contributed by atoms with Gasteiger partial charge < -0.3 is 41.9 Å². The molecule has 1 N–H and O–H groups in total. The van der Waals surface area contributed by atoms with Gasteiger partial charge >= 0.3 is 0 Å². The van der Waals surface area contributed by atoms with E-state index in [1.165, 1.54) is 39.7 Å². The first kappa shape index (κ1) is 62.1. The van der Waals surface area contributed by atoms with Gasteiger partial charge in [0.2, 0.25) is 23.1 Å². The van der Waals surface area contributed by atoms with Gasteiger partial charge in [-0.05, 0) is 97.5 Å². The number of ether oxygens (including phenoxy) is 3. The van der Waals surface area contributed by atoms with Crippen molar-refractivity contribution in [3.8, 4) is 46.1 Å². The van der Waals surface area contributed by atoms with Crippen LogP contribution in [0.25, 0.3) is 22.8 Å². The summed E-state index contributed by atoms with van der Waals surface area (Å²) in [6.07, 6.45) is 20.2. The Bertz CT molecular complexity index is 4220. The summed E-state index contributed by atoms with van der Waals surface area (Å²) in [6.45, 7) is 8.01. The van der Waals surface area contributed by atoms with E-state index in [4.69, 9.17) is 24.9 Å². The smallest absolute Gasteiger partial charge is 0.203 e. The second-order valence-electron chi connectivity index (χ2n) is 22.4. The lowest BCUT2D eigenvalue weighted by atomic mass is 9.75. The van der Waals surface area contributed by atoms with Crippen molar-refractivity contribution in [3.63, 3.8) is 0 Å². The van der Waals surface area contributed by atoms with Crippen LogP contribution in [0.5, 0.6) is 17.2 Å². The minimum absolute atomic E-state index is 0. The van der Waals surface area contributed by atoms with Crippen molar-refractivity contribution < 1.29 is 23.4 Å². The predicted molar refractivity (Wildman–Crippen MR) is 346 cm³/mol. The minimum atomic E-state index is 0. The molecule has 3 aliphatic heterocycles. The van der Waals surface area contributed by atoms with E-state index >= 15 is 0 Å². The second-order valence-corrected chi connectivity index (χ2v) is 22.4. The Balaban J connectivity index is 0.000000156. The largest absolute Gasteiger partial charge is 0.461 e. The van der Waals surface area contributed by atoms with E-state index in [0.717, 1.165) is 73.8 Å². The molecule has 6 aromatic carbocycles. The maximum absolute atomic E-state index is 9.03. The molecule has 2 aromatic heterocycles. The van der Waals surface area contributed by atoms with Gasteiger partial charge in [-0.15, -0.1) is 40.8 Å². The molecule has 14 rings (SSSR count). The highest BCUT2D eigenvalue weighted by Crippen LogP contribution is 2.50. The molecular formula is C73H71N12O3-. The van der Waals surface area contributed by atoms with E-state index in [1.807, 2.05) is 102 Å². The molecule has 0 radical (unpaired) electrons. The number of fused-ring (bicyclic) bond motifs is 6. The van der Waals surface area contributed by atoms with Gasteiger partial charge in [0.05, 0.1) is 17.3 Å². The Morgan fingerprint density at radius 1 is 0.443 bits per heavy atom. The molecule has 6 atom stereocenters. The van der Waals surface area contributed by atoms with Crippen molar-refractivity contribution in [1.29, 1.82) is 10.7 Å². The highest BCUT2D eigenvalue weighted by molar-refractivity contribution is 6.03. The third kappa shape index (κ3) is 12.7. The lowest BCUT2D eigenvalue weighted by Crippen LogP contribution is -2.28. The van der Waals surface area contributed by atoms with Crippen LogP contribution in [-0.2, 0) is 0 Å². The van der Waals surface area contributed by atoms with E-state index in [9.17, 15) is 0 Å². The van der Waals surface area contributed by atoms with Gasteiger partial charge in [-0.2, -0.15) is 5.26 Å². The fraction of sp³-hybridized carbons (Fsp3) is 0.192. The number of aromatic nitrogens is 8. The molecule has 15 heteroatoms. The Hall–Kier alpha value is -10.5. The zero-order chi connectivity index (χ0) is 58.9. The van der Waals surface area contributed by atoms with E-state index in [0.29, 0.717) is 28.7 Å². The van der Waals surface area contributed by atoms with Gasteiger partial charge in [0.15, 0.2) is 12.2 Å². The molecule has 5 heterocycles. The van der Waals surface area contributed by atoms with Crippen LogP contribution in [-0.4, -0.2) is 95.3 Å². The number of nitrogens with zero attached hydrogens (tertiary/aromatic N) is 11. The molecule has 0 bridgehead atoms. The number of hydrogen-bond acceptors (Lipinski definition) is 13. The average Bonchev–Trinajstić information content (AvgIpc) is 1.28. The number of rotatable bonds is 5. The lowest BCUT2D eigenvalue weighted by molar-refractivity contribution is -0.462. The number of nitriles is 1. The summed E-state index contributed by atoms with van der Waals surface area (Å²) >= 11 is 0. The highest BCUT2D eigenvalue weighted by atomic mass is 16.5. The third-order valence-electron chi connectivity index (χ3n) is 16.0. The Kier molecular flexibility index (Phi) is 18.6. The van der Waals surface area contributed by atoms with Gasteiger partial charge in [-0.3, -0.25) is 0 Å². The van der Waals surface area contributed by atoms with E-state index in [-0.39, 0.29) is 57.8 Å². The molecule has 0 saturated carbocycles. The SMILES string of the molecule is Cc1ccc2c(c1)OC1=CC(=N)C=CC1C2c1ccc(C#N)cc1.Cc1ccc2c(c1)OC1=CC(=[N+](C)C)C=CC1C2c1ccc(-c2nnc(C)nn2)cc1.Cc1ccc2c(c1)OC1=CC(=[N+](C)C)C=CC1C2c1ccc(-c2nncnn2)cc1.[CH3-].[CH3-].[CH3-]. The Labute approximate surface area is 516 Å². The zero-order valence-corrected chi connectivity index (χ0v) is 51.5. The third-order valence-corrected chi connectivity index (χ3v) is 16.0. The summed E-state index contributed by atoms with van der Waals surface area (Å²) in [4.78, 5) is 0. The molecule has 0 saturated heterocycles. The van der Waals surface area contributed by atoms with Crippen molar-refractivity contribution in [2.75, 3.05) is 28.2 Å². The zero-order valence-electron chi connectivity index (χ0n) is 51.5. The second kappa shape index (κ2) is 26.4. The summed E-state index contributed by atoms with van der Waals surface area (Å²) in [7, 11) is 8.18. The molecule has 6 aliphatic rings. The molecular weight excluding hydrogens is 1090 g/mol. The van der Waals surface area contributed by atoms with Gasteiger partial charge in [0.1, 0.15) is 62.7 Å². The normalized spacial score (nSPS) is 19.2. The first-order valence-electron chi connectivity index (χ1n) is 28.2. The van der Waals surface area contributed by atoms with Crippen molar-refractivity contribution in [1.82, 2.24) is 40.8 Å². The quantitative estimate of drug-likeness (QED) is 0.127. The number of nitrogens with one attached hydrogen (secondary N) is 1. The molecule has 3 aliphatic carbocycles. The van der Waals surface area contributed by atoms with Crippen LogP contribution in [0, 0.1) is 84.5 Å². The number of aryl methyl sites for hydroxylation is 4. The van der Waals surface area contributed by atoms with Crippen molar-refractivity contribution in [2.45, 2.75) is 45.4 Å². The van der Waals surface area contributed by atoms with E-state index in [1.54, 1.807) is 13.0 Å². The molecule has 15 nitrogen and oxygen atoms in total. The monoisotopic (exact) mass is 1160 g/mol. The summed E-state index contributed by atoms with van der Waals surface area (Å²) in [6, 6.07) is 45.8. The van der Waals surface area contributed by atoms with E-state index in [2.05, 4.69) is 179 Å². The molecule has 0 fully saturated rings. The van der Waals surface area contributed by atoms with Crippen molar-refractivity contribution >= 4 is 17.1 Å². The number of allylic oxidation sites excluding steroid dienone is 9. The first-order chi connectivity index (χ1) is 41.2. The first-order valence-corrected chi connectivity index (χ1v) is 28.2. The fourth-order valence-corrected chi connectivity index (χ4v) is 11.7. The Morgan fingerprint density at radius 3 is 1.19 bits per heavy atom. The van der Waals surface area contributed by atoms with Gasteiger partial charge in [-0.1, -0.05) is 115 Å². The summed E-state index contributed by atoms with van der Waals surface area (Å²) < 4.78 is 23.0. The standard InChI is InChI=1S/C25H24N5O.C24H22N5O.C21H16N2O.3CH3/c1-15-5-11-20-22(13-15)31-23-14-19(30(3)4)10-12-21(23)24(20)17-6-8-18(9-7-17)25-28-26-16(2)27-29-25;1-15-4-10-19-21(12-15)30-22-13-18(29(2)3)9-11-20(22)23(19)16-5-7-17(8-6-16)24-27-25-14-26-28-24;1-13-2-8-17-19(10-13)24-20-11-16(23)7-9-18(20)21(17)15-5-3-14(12-22)4-6-15;;;/h5-14,21,24H,1-4H3;4-14,20,23H,1-3H3;2-11,18,21,23H,1H3;3*1H3/q2*+1;;3*-1. The summed E-state index contributed by atoms with van der Waals surface area (Å²) in [5, 5.41) is 49.0. The molecule has 442 valence electrons. The van der Waals surface area contributed by atoms with Crippen LogP contribution in [0.4, 0.5) is 0 Å². The maximum atomic E-state index is 9.03. The molecule has 0 spiro atoms. The van der Waals surface area contributed by atoms with Gasteiger partial charge in [0.25, 0.3) is 0 Å². The van der Waals surface area contributed by atoms with Gasteiger partial charge in [0, 0.05) is 93.7 Å². The van der Waals surface area contributed by atoms with Crippen LogP contribution in [0.2, 0.25) is 0 Å². The summed E-state index contributed by atoms with van der Waals surface area (Å²) in [5.41, 5.74) is 15.8. The van der Waals surface area contributed by atoms with Crippen LogP contribution >= 0.6 is 0 Å². The fourth-order valence-electron chi connectivity index (χ4n) is 11.7. The van der Waals surface area contributed by atoms with Crippen LogP contribution in [0.15, 0.2) is 206 Å². The Morgan fingerprint density at radius 2 is 0.807 bits per heavy atom. The van der Waals surface area contributed by atoms with Gasteiger partial charge in [-0.25, -0.2) is 9.15 Å². The summed E-state index contributed by atoms with van der Waals surface area (Å²) in [5.74, 6) is 7.93. The topological polar surface area (TPSA) is 184 Å². The molecule has 0 amide bonds. The van der Waals surface area contributed by atoms with Crippen molar-refractivity contribution in [2.24, 2.45) is 17.8 Å².